The van der Waals surface area contributed by atoms with Gasteiger partial charge in [0.25, 0.3) is 5.91 Å². The van der Waals surface area contributed by atoms with Crippen molar-refractivity contribution in [2.24, 2.45) is 11.3 Å². The Morgan fingerprint density at radius 1 is 1.27 bits per heavy atom. The Kier molecular flexibility index (Phi) is 4.72. The van der Waals surface area contributed by atoms with Crippen LogP contribution < -0.4 is 0 Å². The number of halogens is 1. The van der Waals surface area contributed by atoms with Gasteiger partial charge in [0, 0.05) is 30.9 Å². The van der Waals surface area contributed by atoms with Crippen LogP contribution in [0.5, 0.6) is 0 Å². The second-order valence-corrected chi connectivity index (χ2v) is 7.47. The van der Waals surface area contributed by atoms with E-state index in [1.807, 2.05) is 17.0 Å². The Morgan fingerprint density at radius 2 is 2.08 bits per heavy atom. The summed E-state index contributed by atoms with van der Waals surface area (Å²) < 4.78 is 20.0. The van der Waals surface area contributed by atoms with Crippen molar-refractivity contribution in [1.29, 1.82) is 0 Å². The summed E-state index contributed by atoms with van der Waals surface area (Å²) in [4.78, 5) is 18.6. The molecule has 0 spiro atoms. The van der Waals surface area contributed by atoms with E-state index in [4.69, 9.17) is 4.74 Å². The number of aromatic nitrogens is 1. The summed E-state index contributed by atoms with van der Waals surface area (Å²) in [5, 5.41) is 0. The number of nitrogens with zero attached hydrogens (tertiary/aromatic N) is 2. The summed E-state index contributed by atoms with van der Waals surface area (Å²) >= 11 is 0. The molecule has 1 aromatic heterocycles. The maximum absolute atomic E-state index is 14.0. The van der Waals surface area contributed by atoms with Crippen LogP contribution in [0.4, 0.5) is 4.39 Å². The quantitative estimate of drug-likeness (QED) is 0.823. The summed E-state index contributed by atoms with van der Waals surface area (Å²) in [7, 11) is 0. The van der Waals surface area contributed by atoms with Gasteiger partial charge in [-0.25, -0.2) is 4.39 Å². The van der Waals surface area contributed by atoms with Crippen LogP contribution in [0.25, 0.3) is 0 Å². The monoisotopic (exact) mass is 354 g/mol. The fraction of sp³-hybridized carbons (Fsp3) is 0.429. The molecule has 0 unspecified atom stereocenters. The zero-order chi connectivity index (χ0) is 18.0. The Hall–Kier alpha value is -2.27. The predicted octanol–water partition coefficient (Wildman–Crippen LogP) is 3.68. The lowest BCUT2D eigenvalue weighted by Crippen LogP contribution is -2.35. The molecule has 0 radical (unpaired) electrons. The third-order valence-electron chi connectivity index (χ3n) is 5.84. The Bertz CT molecular complexity index is 783. The molecule has 1 aliphatic carbocycles. The highest BCUT2D eigenvalue weighted by Gasteiger charge is 2.50. The van der Waals surface area contributed by atoms with Crippen LogP contribution >= 0.6 is 0 Å². The number of benzene rings is 1. The number of carbonyl (C=O) groups excluding carboxylic acids is 1. The Morgan fingerprint density at radius 3 is 2.88 bits per heavy atom. The lowest BCUT2D eigenvalue weighted by atomic mass is 9.81. The molecule has 1 saturated heterocycles. The number of fused-ring (bicyclic) bond motifs is 1. The second kappa shape index (κ2) is 7.16. The van der Waals surface area contributed by atoms with Crippen molar-refractivity contribution in [3.63, 3.8) is 0 Å². The van der Waals surface area contributed by atoms with Crippen molar-refractivity contribution in [1.82, 2.24) is 9.88 Å². The largest absolute Gasteiger partial charge is 0.376 e. The van der Waals surface area contributed by atoms with E-state index in [-0.39, 0.29) is 16.9 Å². The molecule has 2 heterocycles. The zero-order valence-corrected chi connectivity index (χ0v) is 14.7. The highest BCUT2D eigenvalue weighted by atomic mass is 19.1. The molecule has 2 aliphatic rings. The average Bonchev–Trinajstić information content (AvgIpc) is 3.20. The predicted molar refractivity (Wildman–Crippen MR) is 96.0 cm³/mol. The minimum atomic E-state index is -0.447. The van der Waals surface area contributed by atoms with Crippen molar-refractivity contribution in [2.75, 3.05) is 19.7 Å². The maximum Gasteiger partial charge on any atom is 0.256 e. The lowest BCUT2D eigenvalue weighted by molar-refractivity contribution is 0.0265. The van der Waals surface area contributed by atoms with E-state index in [2.05, 4.69) is 4.98 Å². The Balaban J connectivity index is 1.43. The van der Waals surface area contributed by atoms with Gasteiger partial charge in [0.2, 0.25) is 0 Å². The van der Waals surface area contributed by atoms with Gasteiger partial charge in [-0.05, 0) is 48.6 Å². The molecule has 26 heavy (non-hydrogen) atoms. The van der Waals surface area contributed by atoms with Crippen LogP contribution in [0, 0.1) is 17.2 Å². The van der Waals surface area contributed by atoms with Gasteiger partial charge in [-0.2, -0.15) is 0 Å². The first kappa shape index (κ1) is 17.2. The van der Waals surface area contributed by atoms with Crippen LogP contribution in [0.1, 0.15) is 35.2 Å². The molecule has 0 bridgehead atoms. The van der Waals surface area contributed by atoms with Crippen LogP contribution in [0.3, 0.4) is 0 Å². The molecule has 4 nitrogen and oxygen atoms in total. The molecule has 4 rings (SSSR count). The topological polar surface area (TPSA) is 42.4 Å². The lowest BCUT2D eigenvalue weighted by Gasteiger charge is -2.28. The second-order valence-electron chi connectivity index (χ2n) is 7.47. The average molecular weight is 354 g/mol. The molecule has 1 aromatic carbocycles. The summed E-state index contributed by atoms with van der Waals surface area (Å²) in [6, 6.07) is 10.1. The van der Waals surface area contributed by atoms with E-state index in [9.17, 15) is 9.18 Å². The molecular formula is C21H23FN2O2. The fourth-order valence-electron chi connectivity index (χ4n) is 4.46. The van der Waals surface area contributed by atoms with E-state index in [1.165, 1.54) is 12.5 Å². The molecule has 0 N–H and O–H groups in total. The van der Waals surface area contributed by atoms with Gasteiger partial charge in [-0.3, -0.25) is 9.78 Å². The Labute approximate surface area is 153 Å². The summed E-state index contributed by atoms with van der Waals surface area (Å²) in [6.07, 6.45) is 6.87. The molecule has 5 heteroatoms. The van der Waals surface area contributed by atoms with Gasteiger partial charge in [-0.15, -0.1) is 0 Å². The van der Waals surface area contributed by atoms with Crippen molar-refractivity contribution in [2.45, 2.75) is 25.9 Å². The number of carbonyl (C=O) groups is 1. The first-order valence-electron chi connectivity index (χ1n) is 9.18. The first-order valence-corrected chi connectivity index (χ1v) is 9.18. The number of hydrogen-bond acceptors (Lipinski definition) is 3. The van der Waals surface area contributed by atoms with Crippen LogP contribution in [-0.4, -0.2) is 35.5 Å². The maximum atomic E-state index is 14.0. The highest BCUT2D eigenvalue weighted by molar-refractivity contribution is 5.94. The third-order valence-corrected chi connectivity index (χ3v) is 5.84. The van der Waals surface area contributed by atoms with Crippen molar-refractivity contribution in [3.05, 3.63) is 65.7 Å². The zero-order valence-electron chi connectivity index (χ0n) is 14.7. The SMILES string of the molecule is O=C(c1ccccc1F)N1C[C@@H]2CCC[C@]2(COCc2ccncc2)C1. The van der Waals surface area contributed by atoms with Gasteiger partial charge < -0.3 is 9.64 Å². The van der Waals surface area contributed by atoms with E-state index in [0.29, 0.717) is 32.2 Å². The normalized spacial score (nSPS) is 24.7. The molecule has 136 valence electrons. The molecule has 2 aromatic rings. The van der Waals surface area contributed by atoms with Gasteiger partial charge in [0.15, 0.2) is 0 Å². The standard InChI is InChI=1S/C21H23FN2O2/c22-19-6-2-1-5-18(19)20(25)24-12-17-4-3-9-21(17,14-24)15-26-13-16-7-10-23-11-8-16/h1-2,5-8,10-11,17H,3-4,9,12-15H2/t17-,21+/m0/s1. The molecule has 1 aliphatic heterocycles. The number of hydrogen-bond donors (Lipinski definition) is 0. The molecule has 1 amide bonds. The van der Waals surface area contributed by atoms with Crippen molar-refractivity contribution >= 4 is 5.91 Å². The summed E-state index contributed by atoms with van der Waals surface area (Å²) in [5.74, 6) is -0.209. The van der Waals surface area contributed by atoms with Crippen LogP contribution in [0.15, 0.2) is 48.8 Å². The van der Waals surface area contributed by atoms with Crippen molar-refractivity contribution in [3.8, 4) is 0 Å². The molecule has 2 atom stereocenters. The molecule has 2 fully saturated rings. The van der Waals surface area contributed by atoms with E-state index >= 15 is 0 Å². The first-order chi connectivity index (χ1) is 12.7. The number of likely N-dealkylation sites (tertiary alicyclic amines) is 1. The minimum absolute atomic E-state index is 0.00788. The van der Waals surface area contributed by atoms with Gasteiger partial charge in [0.1, 0.15) is 5.82 Å². The van der Waals surface area contributed by atoms with Crippen LogP contribution in [-0.2, 0) is 11.3 Å². The summed E-state index contributed by atoms with van der Waals surface area (Å²) in [6.45, 7) is 2.55. The van der Waals surface area contributed by atoms with Gasteiger partial charge in [-0.1, -0.05) is 18.6 Å². The minimum Gasteiger partial charge on any atom is -0.376 e. The fourth-order valence-corrected chi connectivity index (χ4v) is 4.46. The number of pyridine rings is 1. The van der Waals surface area contributed by atoms with Crippen molar-refractivity contribution < 1.29 is 13.9 Å². The van der Waals surface area contributed by atoms with E-state index in [0.717, 1.165) is 18.4 Å². The third kappa shape index (κ3) is 3.23. The smallest absolute Gasteiger partial charge is 0.256 e. The highest BCUT2D eigenvalue weighted by Crippen LogP contribution is 2.49. The van der Waals surface area contributed by atoms with Gasteiger partial charge >= 0.3 is 0 Å². The van der Waals surface area contributed by atoms with E-state index < -0.39 is 5.82 Å². The molecular weight excluding hydrogens is 331 g/mol. The van der Waals surface area contributed by atoms with Gasteiger partial charge in [0.05, 0.1) is 18.8 Å². The number of rotatable bonds is 5. The molecule has 1 saturated carbocycles. The summed E-state index contributed by atoms with van der Waals surface area (Å²) in [5.41, 5.74) is 1.28. The van der Waals surface area contributed by atoms with E-state index in [1.54, 1.807) is 30.6 Å². The van der Waals surface area contributed by atoms with Crippen LogP contribution in [0.2, 0.25) is 0 Å². The number of ether oxygens (including phenoxy) is 1. The number of amides is 1.